The first-order valence-corrected chi connectivity index (χ1v) is 9.26. The molecular weight excluding hydrogens is 370 g/mol. The molecule has 0 fully saturated rings. The zero-order chi connectivity index (χ0) is 20.1. The fourth-order valence-electron chi connectivity index (χ4n) is 2.92. The summed E-state index contributed by atoms with van der Waals surface area (Å²) in [6.45, 7) is 2.52. The predicted octanol–water partition coefficient (Wildman–Crippen LogP) is 4.32. The summed E-state index contributed by atoms with van der Waals surface area (Å²) in [4.78, 5) is 12.2. The van der Waals surface area contributed by atoms with Crippen molar-refractivity contribution in [3.63, 3.8) is 0 Å². The van der Waals surface area contributed by atoms with Gasteiger partial charge in [0.05, 0.1) is 0 Å². The summed E-state index contributed by atoms with van der Waals surface area (Å²) in [6.07, 6.45) is 0. The van der Waals surface area contributed by atoms with Gasteiger partial charge in [0.15, 0.2) is 18.1 Å². The van der Waals surface area contributed by atoms with Gasteiger partial charge in [0, 0.05) is 11.8 Å². The zero-order valence-corrected chi connectivity index (χ0v) is 16.0. The predicted molar refractivity (Wildman–Crippen MR) is 109 cm³/mol. The third-order valence-electron chi connectivity index (χ3n) is 4.32. The Balaban J connectivity index is 1.30. The maximum Gasteiger partial charge on any atom is 0.262 e. The first kappa shape index (κ1) is 18.7. The number of ether oxygens (including phenoxy) is 4. The molecule has 1 amide bonds. The number of anilines is 1. The van der Waals surface area contributed by atoms with Crippen molar-refractivity contribution in [2.45, 2.75) is 13.5 Å². The van der Waals surface area contributed by atoms with Crippen LogP contribution in [0.1, 0.15) is 11.1 Å². The summed E-state index contributed by atoms with van der Waals surface area (Å²) in [5.74, 6) is 2.54. The Labute approximate surface area is 169 Å². The molecule has 0 radical (unpaired) electrons. The van der Waals surface area contributed by atoms with Gasteiger partial charge in [0.2, 0.25) is 6.79 Å². The number of benzene rings is 3. The highest BCUT2D eigenvalue weighted by Gasteiger charge is 2.13. The monoisotopic (exact) mass is 391 g/mol. The van der Waals surface area contributed by atoms with Gasteiger partial charge < -0.3 is 24.3 Å². The van der Waals surface area contributed by atoms with Gasteiger partial charge in [-0.3, -0.25) is 4.79 Å². The molecule has 0 aromatic heterocycles. The number of carbonyl (C=O) groups excluding carboxylic acids is 1. The Bertz CT molecular complexity index is 1020. The lowest BCUT2D eigenvalue weighted by atomic mass is 10.2. The van der Waals surface area contributed by atoms with Crippen molar-refractivity contribution in [2.24, 2.45) is 0 Å². The molecule has 3 aromatic carbocycles. The molecule has 1 N–H and O–H groups in total. The molecule has 6 nitrogen and oxygen atoms in total. The lowest BCUT2D eigenvalue weighted by molar-refractivity contribution is -0.118. The molecule has 0 spiro atoms. The third-order valence-corrected chi connectivity index (χ3v) is 4.32. The number of hydrogen-bond donors (Lipinski definition) is 1. The number of nitrogens with one attached hydrogen (secondary N) is 1. The van der Waals surface area contributed by atoms with E-state index in [0.717, 1.165) is 16.9 Å². The molecule has 0 bridgehead atoms. The highest BCUT2D eigenvalue weighted by Crippen LogP contribution is 2.35. The topological polar surface area (TPSA) is 66.0 Å². The minimum Gasteiger partial charge on any atom is -0.489 e. The maximum absolute atomic E-state index is 12.2. The third kappa shape index (κ3) is 4.99. The molecule has 1 aliphatic rings. The van der Waals surface area contributed by atoms with Gasteiger partial charge in [-0.15, -0.1) is 0 Å². The molecule has 0 atom stereocenters. The van der Waals surface area contributed by atoms with Crippen LogP contribution < -0.4 is 24.3 Å². The highest BCUT2D eigenvalue weighted by atomic mass is 16.7. The maximum atomic E-state index is 12.2. The molecular formula is C23H21NO5. The molecule has 4 rings (SSSR count). The van der Waals surface area contributed by atoms with E-state index < -0.39 is 0 Å². The average Bonchev–Trinajstić information content (AvgIpc) is 3.19. The van der Waals surface area contributed by atoms with Crippen molar-refractivity contribution in [3.05, 3.63) is 77.9 Å². The van der Waals surface area contributed by atoms with Gasteiger partial charge in [0.1, 0.15) is 18.1 Å². The number of rotatable bonds is 7. The minimum atomic E-state index is -0.222. The van der Waals surface area contributed by atoms with E-state index in [9.17, 15) is 4.79 Å². The zero-order valence-electron chi connectivity index (χ0n) is 16.0. The van der Waals surface area contributed by atoms with Crippen molar-refractivity contribution in [2.75, 3.05) is 18.7 Å². The molecule has 29 heavy (non-hydrogen) atoms. The largest absolute Gasteiger partial charge is 0.489 e. The molecule has 0 aliphatic carbocycles. The quantitative estimate of drug-likeness (QED) is 0.650. The second-order valence-electron chi connectivity index (χ2n) is 6.66. The van der Waals surface area contributed by atoms with Crippen LogP contribution >= 0.6 is 0 Å². The van der Waals surface area contributed by atoms with Crippen LogP contribution in [-0.4, -0.2) is 19.3 Å². The van der Waals surface area contributed by atoms with E-state index in [2.05, 4.69) is 5.32 Å². The Morgan fingerprint density at radius 2 is 1.76 bits per heavy atom. The smallest absolute Gasteiger partial charge is 0.262 e. The normalized spacial score (nSPS) is 11.8. The van der Waals surface area contributed by atoms with Crippen molar-refractivity contribution >= 4 is 11.6 Å². The van der Waals surface area contributed by atoms with Crippen molar-refractivity contribution in [1.82, 2.24) is 0 Å². The molecule has 0 unspecified atom stereocenters. The molecule has 0 saturated carbocycles. The molecule has 0 saturated heterocycles. The molecule has 3 aromatic rings. The molecule has 1 heterocycles. The Morgan fingerprint density at radius 3 is 2.66 bits per heavy atom. The van der Waals surface area contributed by atoms with Gasteiger partial charge in [-0.25, -0.2) is 0 Å². The fourth-order valence-corrected chi connectivity index (χ4v) is 2.92. The average molecular weight is 391 g/mol. The van der Waals surface area contributed by atoms with E-state index >= 15 is 0 Å². The second-order valence-corrected chi connectivity index (χ2v) is 6.66. The standard InChI is InChI=1S/C23H21NO5/c1-16-4-2-7-19(10-16)27-14-23(25)24-18-6-3-5-17(11-18)13-26-20-8-9-21-22(12-20)29-15-28-21/h2-12H,13-15H2,1H3,(H,24,25). The van der Waals surface area contributed by atoms with Crippen molar-refractivity contribution < 1.29 is 23.7 Å². The van der Waals surface area contributed by atoms with Crippen LogP contribution in [0, 0.1) is 6.92 Å². The van der Waals surface area contributed by atoms with E-state index in [0.29, 0.717) is 29.5 Å². The van der Waals surface area contributed by atoms with Crippen LogP contribution in [0.25, 0.3) is 0 Å². The van der Waals surface area contributed by atoms with Crippen LogP contribution in [0.4, 0.5) is 5.69 Å². The van der Waals surface area contributed by atoms with E-state index in [-0.39, 0.29) is 19.3 Å². The van der Waals surface area contributed by atoms with Crippen LogP contribution in [0.3, 0.4) is 0 Å². The molecule has 6 heteroatoms. The van der Waals surface area contributed by atoms with Crippen LogP contribution in [0.2, 0.25) is 0 Å². The first-order valence-electron chi connectivity index (χ1n) is 9.26. The number of carbonyl (C=O) groups is 1. The van der Waals surface area contributed by atoms with E-state index in [1.807, 2.05) is 67.6 Å². The van der Waals surface area contributed by atoms with Gasteiger partial charge >= 0.3 is 0 Å². The SMILES string of the molecule is Cc1cccc(OCC(=O)Nc2cccc(COc3ccc4c(c3)OCO4)c2)c1. The number of amides is 1. The van der Waals surface area contributed by atoms with Crippen molar-refractivity contribution in [1.29, 1.82) is 0 Å². The van der Waals surface area contributed by atoms with Gasteiger partial charge in [0.25, 0.3) is 5.91 Å². The van der Waals surface area contributed by atoms with Crippen LogP contribution in [-0.2, 0) is 11.4 Å². The van der Waals surface area contributed by atoms with Gasteiger partial charge in [-0.05, 0) is 54.4 Å². The molecule has 1 aliphatic heterocycles. The molecule has 148 valence electrons. The number of aryl methyl sites for hydroxylation is 1. The van der Waals surface area contributed by atoms with E-state index in [1.165, 1.54) is 0 Å². The lowest BCUT2D eigenvalue weighted by Gasteiger charge is -2.10. The minimum absolute atomic E-state index is 0.0542. The first-order chi connectivity index (χ1) is 14.2. The Kier molecular flexibility index (Phi) is 5.52. The summed E-state index contributed by atoms with van der Waals surface area (Å²) >= 11 is 0. The van der Waals surface area contributed by atoms with E-state index in [4.69, 9.17) is 18.9 Å². The summed E-state index contributed by atoms with van der Waals surface area (Å²) in [6, 6.07) is 20.6. The Hall–Kier alpha value is -3.67. The van der Waals surface area contributed by atoms with Crippen molar-refractivity contribution in [3.8, 4) is 23.0 Å². The summed E-state index contributed by atoms with van der Waals surface area (Å²) in [5, 5.41) is 2.84. The van der Waals surface area contributed by atoms with Gasteiger partial charge in [-0.1, -0.05) is 24.3 Å². The lowest BCUT2D eigenvalue weighted by Crippen LogP contribution is -2.20. The van der Waals surface area contributed by atoms with E-state index in [1.54, 1.807) is 6.07 Å². The van der Waals surface area contributed by atoms with Gasteiger partial charge in [-0.2, -0.15) is 0 Å². The summed E-state index contributed by atoms with van der Waals surface area (Å²) in [5.41, 5.74) is 2.70. The second kappa shape index (κ2) is 8.56. The Morgan fingerprint density at radius 1 is 0.931 bits per heavy atom. The fraction of sp³-hybridized carbons (Fsp3) is 0.174. The number of hydrogen-bond acceptors (Lipinski definition) is 5. The van der Waals surface area contributed by atoms with Crippen LogP contribution in [0.5, 0.6) is 23.0 Å². The highest BCUT2D eigenvalue weighted by molar-refractivity contribution is 5.91. The summed E-state index contributed by atoms with van der Waals surface area (Å²) < 4.78 is 22.0. The van der Waals surface area contributed by atoms with Crippen LogP contribution in [0.15, 0.2) is 66.7 Å². The number of fused-ring (bicyclic) bond motifs is 1. The summed E-state index contributed by atoms with van der Waals surface area (Å²) in [7, 11) is 0.